The predicted octanol–water partition coefficient (Wildman–Crippen LogP) is 3.24. The molecule has 1 aromatic heterocycles. The van der Waals surface area contributed by atoms with Gasteiger partial charge in [0.2, 0.25) is 0 Å². The number of rotatable bonds is 4. The summed E-state index contributed by atoms with van der Waals surface area (Å²) < 4.78 is 1.06. The van der Waals surface area contributed by atoms with Crippen molar-refractivity contribution >= 4 is 34.2 Å². The maximum atomic E-state index is 11.7. The maximum Gasteiger partial charge on any atom is 0.252 e. The third kappa shape index (κ3) is 5.01. The van der Waals surface area contributed by atoms with Gasteiger partial charge in [-0.15, -0.1) is 12.4 Å². The van der Waals surface area contributed by atoms with Crippen LogP contribution in [0.1, 0.15) is 15.9 Å². The number of hydrogen-bond acceptors (Lipinski definition) is 2. The molecule has 1 N–H and O–H groups in total. The number of nitrogens with zero attached hydrogens (tertiary/aromatic N) is 1. The molecule has 0 saturated carbocycles. The van der Waals surface area contributed by atoms with Crippen LogP contribution in [0.25, 0.3) is 0 Å². The molecule has 5 heteroatoms. The van der Waals surface area contributed by atoms with E-state index in [1.165, 1.54) is 5.56 Å². The highest BCUT2D eigenvalue weighted by molar-refractivity contribution is 9.10. The van der Waals surface area contributed by atoms with E-state index in [0.717, 1.165) is 10.9 Å². The Morgan fingerprint density at radius 2 is 1.95 bits per heavy atom. The molecular weight excluding hydrogens is 328 g/mol. The van der Waals surface area contributed by atoms with E-state index in [1.807, 2.05) is 24.3 Å². The van der Waals surface area contributed by atoms with Crippen molar-refractivity contribution in [2.24, 2.45) is 0 Å². The molecule has 0 bridgehead atoms. The zero-order valence-electron chi connectivity index (χ0n) is 10.2. The van der Waals surface area contributed by atoms with Gasteiger partial charge >= 0.3 is 0 Å². The second kappa shape index (κ2) is 7.92. The second-order valence-electron chi connectivity index (χ2n) is 3.87. The lowest BCUT2D eigenvalue weighted by molar-refractivity contribution is 0.0954. The number of halogens is 2. The van der Waals surface area contributed by atoms with Crippen LogP contribution in [0.4, 0.5) is 0 Å². The minimum absolute atomic E-state index is 0. The Bertz CT molecular complexity index is 517. The average Bonchev–Trinajstić information content (AvgIpc) is 2.42. The van der Waals surface area contributed by atoms with Crippen molar-refractivity contribution in [2.75, 3.05) is 6.54 Å². The fraction of sp³-hybridized carbons (Fsp3) is 0.143. The molecule has 0 radical (unpaired) electrons. The number of amides is 1. The van der Waals surface area contributed by atoms with E-state index in [-0.39, 0.29) is 18.3 Å². The number of carbonyl (C=O) groups excluding carboxylic acids is 1. The lowest BCUT2D eigenvalue weighted by atomic mass is 10.1. The fourth-order valence-electron chi connectivity index (χ4n) is 1.57. The summed E-state index contributed by atoms with van der Waals surface area (Å²) in [7, 11) is 0. The van der Waals surface area contributed by atoms with Crippen LogP contribution in [0, 0.1) is 0 Å². The molecule has 1 amide bonds. The van der Waals surface area contributed by atoms with E-state index in [1.54, 1.807) is 24.5 Å². The van der Waals surface area contributed by atoms with Gasteiger partial charge in [0.25, 0.3) is 5.91 Å². The summed E-state index contributed by atoms with van der Waals surface area (Å²) in [6.07, 6.45) is 4.03. The van der Waals surface area contributed by atoms with E-state index < -0.39 is 0 Å². The molecule has 3 nitrogen and oxygen atoms in total. The lowest BCUT2D eigenvalue weighted by Gasteiger charge is -2.05. The first-order chi connectivity index (χ1) is 8.75. The molecule has 0 aliphatic rings. The second-order valence-corrected chi connectivity index (χ2v) is 4.79. The molecule has 0 unspecified atom stereocenters. The molecule has 0 spiro atoms. The first-order valence-corrected chi connectivity index (χ1v) is 6.47. The van der Waals surface area contributed by atoms with Crippen molar-refractivity contribution in [1.29, 1.82) is 0 Å². The number of hydrogen-bond donors (Lipinski definition) is 1. The largest absolute Gasteiger partial charge is 0.352 e. The summed E-state index contributed by atoms with van der Waals surface area (Å²) in [5.74, 6) is -0.0831. The number of pyridine rings is 1. The summed E-state index contributed by atoms with van der Waals surface area (Å²) in [6, 6.07) is 11.6. The highest BCUT2D eigenvalue weighted by Gasteiger charge is 2.03. The minimum Gasteiger partial charge on any atom is -0.352 e. The molecule has 2 rings (SSSR count). The van der Waals surface area contributed by atoms with Crippen LogP contribution in [0.3, 0.4) is 0 Å². The molecule has 2 aromatic rings. The monoisotopic (exact) mass is 340 g/mol. The van der Waals surface area contributed by atoms with Crippen LogP contribution >= 0.6 is 28.3 Å². The van der Waals surface area contributed by atoms with Gasteiger partial charge in [-0.05, 0) is 36.2 Å². The summed E-state index contributed by atoms with van der Waals surface area (Å²) in [5, 5.41) is 2.87. The van der Waals surface area contributed by atoms with Crippen molar-refractivity contribution in [2.45, 2.75) is 6.42 Å². The lowest BCUT2D eigenvalue weighted by Crippen LogP contribution is -2.25. The smallest absolute Gasteiger partial charge is 0.252 e. The van der Waals surface area contributed by atoms with Gasteiger partial charge in [0.05, 0.1) is 5.56 Å². The van der Waals surface area contributed by atoms with Crippen molar-refractivity contribution in [3.63, 3.8) is 0 Å². The Kier molecular flexibility index (Phi) is 6.53. The Hall–Kier alpha value is -1.39. The number of benzene rings is 1. The van der Waals surface area contributed by atoms with Crippen LogP contribution in [0.5, 0.6) is 0 Å². The standard InChI is InChI=1S/C14H13BrN2O.ClH/c15-13-5-3-11(4-6-13)7-9-17-14(18)12-2-1-8-16-10-12;/h1-6,8,10H,7,9H2,(H,17,18);1H. The Labute approximate surface area is 127 Å². The van der Waals surface area contributed by atoms with Crippen molar-refractivity contribution in [3.05, 3.63) is 64.4 Å². The zero-order valence-corrected chi connectivity index (χ0v) is 12.6. The van der Waals surface area contributed by atoms with Crippen LogP contribution in [-0.4, -0.2) is 17.4 Å². The van der Waals surface area contributed by atoms with Crippen LogP contribution in [-0.2, 0) is 6.42 Å². The molecule has 0 fully saturated rings. The van der Waals surface area contributed by atoms with Gasteiger partial charge in [-0.2, -0.15) is 0 Å². The van der Waals surface area contributed by atoms with E-state index in [2.05, 4.69) is 26.2 Å². The van der Waals surface area contributed by atoms with Crippen LogP contribution in [0.15, 0.2) is 53.3 Å². The number of aromatic nitrogens is 1. The highest BCUT2D eigenvalue weighted by Crippen LogP contribution is 2.10. The molecular formula is C14H14BrClN2O. The van der Waals surface area contributed by atoms with Gasteiger partial charge in [-0.3, -0.25) is 9.78 Å². The van der Waals surface area contributed by atoms with E-state index in [0.29, 0.717) is 12.1 Å². The Balaban J connectivity index is 0.00000180. The van der Waals surface area contributed by atoms with Gasteiger partial charge in [0.15, 0.2) is 0 Å². The Morgan fingerprint density at radius 1 is 1.21 bits per heavy atom. The summed E-state index contributed by atoms with van der Waals surface area (Å²) in [5.41, 5.74) is 1.79. The maximum absolute atomic E-state index is 11.7. The zero-order chi connectivity index (χ0) is 12.8. The first-order valence-electron chi connectivity index (χ1n) is 5.68. The van der Waals surface area contributed by atoms with Gasteiger partial charge in [0, 0.05) is 23.4 Å². The predicted molar refractivity (Wildman–Crippen MR) is 81.7 cm³/mol. The van der Waals surface area contributed by atoms with E-state index in [9.17, 15) is 4.79 Å². The third-order valence-electron chi connectivity index (χ3n) is 2.54. The SMILES string of the molecule is Cl.O=C(NCCc1ccc(Br)cc1)c1cccnc1. The van der Waals surface area contributed by atoms with E-state index >= 15 is 0 Å². The molecule has 0 aliphatic heterocycles. The summed E-state index contributed by atoms with van der Waals surface area (Å²) in [6.45, 7) is 0.620. The van der Waals surface area contributed by atoms with E-state index in [4.69, 9.17) is 0 Å². The molecule has 1 aromatic carbocycles. The van der Waals surface area contributed by atoms with Crippen molar-refractivity contribution in [1.82, 2.24) is 10.3 Å². The molecule has 0 atom stereocenters. The van der Waals surface area contributed by atoms with Gasteiger partial charge in [-0.1, -0.05) is 28.1 Å². The van der Waals surface area contributed by atoms with Gasteiger partial charge in [0.1, 0.15) is 0 Å². The molecule has 1 heterocycles. The third-order valence-corrected chi connectivity index (χ3v) is 3.06. The Morgan fingerprint density at radius 3 is 2.58 bits per heavy atom. The molecule has 19 heavy (non-hydrogen) atoms. The summed E-state index contributed by atoms with van der Waals surface area (Å²) >= 11 is 3.39. The molecule has 100 valence electrons. The van der Waals surface area contributed by atoms with Gasteiger partial charge in [-0.25, -0.2) is 0 Å². The van der Waals surface area contributed by atoms with Gasteiger partial charge < -0.3 is 5.32 Å². The first kappa shape index (κ1) is 15.7. The average molecular weight is 342 g/mol. The minimum atomic E-state index is -0.0831. The molecule has 0 saturated heterocycles. The fourth-order valence-corrected chi connectivity index (χ4v) is 1.83. The topological polar surface area (TPSA) is 42.0 Å². The quantitative estimate of drug-likeness (QED) is 0.927. The van der Waals surface area contributed by atoms with Crippen molar-refractivity contribution < 1.29 is 4.79 Å². The number of nitrogens with one attached hydrogen (secondary N) is 1. The highest BCUT2D eigenvalue weighted by atomic mass is 79.9. The number of carbonyl (C=O) groups is 1. The molecule has 0 aliphatic carbocycles. The van der Waals surface area contributed by atoms with Crippen molar-refractivity contribution in [3.8, 4) is 0 Å². The normalized spacial score (nSPS) is 9.53. The van der Waals surface area contributed by atoms with Crippen LogP contribution < -0.4 is 5.32 Å². The van der Waals surface area contributed by atoms with Crippen LogP contribution in [0.2, 0.25) is 0 Å². The summed E-state index contributed by atoms with van der Waals surface area (Å²) in [4.78, 5) is 15.6.